The smallest absolute Gasteiger partial charge is 0.257 e. The molecular weight excluding hydrogens is 392 g/mol. The second kappa shape index (κ2) is 9.30. The summed E-state index contributed by atoms with van der Waals surface area (Å²) in [6.45, 7) is 2.54. The molecule has 2 amide bonds. The van der Waals surface area contributed by atoms with Crippen molar-refractivity contribution < 1.29 is 14.3 Å². The lowest BCUT2D eigenvalue weighted by molar-refractivity contribution is -0.115. The van der Waals surface area contributed by atoms with Crippen LogP contribution in [-0.4, -0.2) is 50.0 Å². The zero-order valence-electron chi connectivity index (χ0n) is 16.0. The molecule has 0 radical (unpaired) electrons. The van der Waals surface area contributed by atoms with E-state index in [1.165, 1.54) is 7.11 Å². The van der Waals surface area contributed by atoms with Gasteiger partial charge in [-0.3, -0.25) is 9.59 Å². The molecule has 1 aliphatic rings. The van der Waals surface area contributed by atoms with Crippen LogP contribution in [0.2, 0.25) is 5.02 Å². The number of benzene rings is 2. The third kappa shape index (κ3) is 4.98. The van der Waals surface area contributed by atoms with Crippen molar-refractivity contribution in [2.75, 3.05) is 43.5 Å². The first-order valence-corrected chi connectivity index (χ1v) is 9.54. The van der Waals surface area contributed by atoms with Crippen molar-refractivity contribution in [2.45, 2.75) is 6.42 Å². The number of nitrogens with one attached hydrogen (secondary N) is 1. The molecule has 1 fully saturated rings. The number of piperazine rings is 1. The van der Waals surface area contributed by atoms with Gasteiger partial charge in [0.2, 0.25) is 5.91 Å². The molecule has 0 aliphatic carbocycles. The number of methoxy groups -OCH3 is 1. The number of hydrogen-bond donors (Lipinski definition) is 1. The van der Waals surface area contributed by atoms with Gasteiger partial charge in [0, 0.05) is 42.6 Å². The summed E-state index contributed by atoms with van der Waals surface area (Å²) in [5.41, 5.74) is 2.12. The van der Waals surface area contributed by atoms with Crippen LogP contribution in [0.15, 0.2) is 42.5 Å². The lowest BCUT2D eigenvalue weighted by Gasteiger charge is -2.36. The standard InChI is InChI=1S/C21H21ClN4O3/c1-29-19-7-2-15(22)14-18(19)21(28)26-12-10-25(11-13-26)17-5-3-16(4-6-17)24-20(27)8-9-23/h2-7,14H,8,10-13H2,1H3,(H,24,27). The Balaban J connectivity index is 1.61. The highest BCUT2D eigenvalue weighted by Gasteiger charge is 2.24. The number of ether oxygens (including phenoxy) is 1. The molecule has 1 N–H and O–H groups in total. The van der Waals surface area contributed by atoms with E-state index in [2.05, 4.69) is 10.2 Å². The Bertz CT molecular complexity index is 932. The zero-order valence-corrected chi connectivity index (χ0v) is 16.8. The Hall–Kier alpha value is -3.24. The van der Waals surface area contributed by atoms with Gasteiger partial charge in [-0.2, -0.15) is 5.26 Å². The Labute approximate surface area is 174 Å². The maximum Gasteiger partial charge on any atom is 0.257 e. The van der Waals surface area contributed by atoms with Gasteiger partial charge >= 0.3 is 0 Å². The molecule has 0 saturated carbocycles. The largest absolute Gasteiger partial charge is 0.496 e. The van der Waals surface area contributed by atoms with Gasteiger partial charge in [-0.15, -0.1) is 0 Å². The molecule has 2 aromatic carbocycles. The van der Waals surface area contributed by atoms with E-state index in [1.807, 2.05) is 18.2 Å². The maximum absolute atomic E-state index is 12.9. The lowest BCUT2D eigenvalue weighted by Crippen LogP contribution is -2.48. The number of rotatable bonds is 5. The molecule has 8 heteroatoms. The quantitative estimate of drug-likeness (QED) is 0.815. The topological polar surface area (TPSA) is 85.7 Å². The molecule has 0 spiro atoms. The molecule has 1 aliphatic heterocycles. The molecule has 150 valence electrons. The highest BCUT2D eigenvalue weighted by atomic mass is 35.5. The van der Waals surface area contributed by atoms with E-state index in [-0.39, 0.29) is 18.2 Å². The monoisotopic (exact) mass is 412 g/mol. The summed E-state index contributed by atoms with van der Waals surface area (Å²) in [7, 11) is 1.53. The number of anilines is 2. The fourth-order valence-electron chi connectivity index (χ4n) is 3.22. The van der Waals surface area contributed by atoms with E-state index in [4.69, 9.17) is 21.6 Å². The first-order valence-electron chi connectivity index (χ1n) is 9.16. The van der Waals surface area contributed by atoms with E-state index in [0.717, 1.165) is 5.69 Å². The SMILES string of the molecule is COc1ccc(Cl)cc1C(=O)N1CCN(c2ccc(NC(=O)CC#N)cc2)CC1. The average Bonchev–Trinajstić information content (AvgIpc) is 2.74. The van der Waals surface area contributed by atoms with Crippen molar-refractivity contribution in [3.05, 3.63) is 53.1 Å². The third-order valence-corrected chi connectivity index (χ3v) is 4.95. The van der Waals surface area contributed by atoms with Crippen LogP contribution >= 0.6 is 11.6 Å². The lowest BCUT2D eigenvalue weighted by atomic mass is 10.1. The number of carbonyl (C=O) groups is 2. The third-order valence-electron chi connectivity index (χ3n) is 4.71. The van der Waals surface area contributed by atoms with Gasteiger partial charge in [0.1, 0.15) is 12.2 Å². The second-order valence-corrected chi connectivity index (χ2v) is 6.99. The summed E-state index contributed by atoms with van der Waals surface area (Å²) in [6, 6.07) is 14.3. The van der Waals surface area contributed by atoms with Gasteiger partial charge in [0.05, 0.1) is 18.7 Å². The fourth-order valence-corrected chi connectivity index (χ4v) is 3.39. The van der Waals surface area contributed by atoms with E-state index in [1.54, 1.807) is 35.2 Å². The number of nitrogens with zero attached hydrogens (tertiary/aromatic N) is 3. The van der Waals surface area contributed by atoms with Crippen molar-refractivity contribution in [2.24, 2.45) is 0 Å². The molecule has 29 heavy (non-hydrogen) atoms. The summed E-state index contributed by atoms with van der Waals surface area (Å²) in [5, 5.41) is 11.7. The van der Waals surface area contributed by atoms with Gasteiger partial charge in [-0.1, -0.05) is 11.6 Å². The highest BCUT2D eigenvalue weighted by molar-refractivity contribution is 6.31. The summed E-state index contributed by atoms with van der Waals surface area (Å²) in [5.74, 6) is 0.0826. The molecule has 0 bridgehead atoms. The molecule has 1 heterocycles. The second-order valence-electron chi connectivity index (χ2n) is 6.55. The highest BCUT2D eigenvalue weighted by Crippen LogP contribution is 2.25. The molecule has 1 saturated heterocycles. The van der Waals surface area contributed by atoms with Gasteiger partial charge in [0.25, 0.3) is 5.91 Å². The van der Waals surface area contributed by atoms with Crippen LogP contribution in [0.25, 0.3) is 0 Å². The van der Waals surface area contributed by atoms with Crippen LogP contribution in [0, 0.1) is 11.3 Å². The molecule has 7 nitrogen and oxygen atoms in total. The van der Waals surface area contributed by atoms with Gasteiger partial charge < -0.3 is 19.9 Å². The molecule has 2 aromatic rings. The minimum Gasteiger partial charge on any atom is -0.496 e. The summed E-state index contributed by atoms with van der Waals surface area (Å²) < 4.78 is 5.29. The molecule has 3 rings (SSSR count). The van der Waals surface area contributed by atoms with Crippen molar-refractivity contribution in [1.82, 2.24) is 4.90 Å². The van der Waals surface area contributed by atoms with Crippen molar-refractivity contribution in [3.63, 3.8) is 0 Å². The van der Waals surface area contributed by atoms with Crippen LogP contribution in [0.5, 0.6) is 5.75 Å². The minimum absolute atomic E-state index is 0.0976. The average molecular weight is 413 g/mol. The summed E-state index contributed by atoms with van der Waals surface area (Å²) in [4.78, 5) is 28.3. The molecule has 0 atom stereocenters. The number of hydrogen-bond acceptors (Lipinski definition) is 5. The summed E-state index contributed by atoms with van der Waals surface area (Å²) >= 11 is 6.05. The Kier molecular flexibility index (Phi) is 6.57. The Morgan fingerprint density at radius 1 is 1.14 bits per heavy atom. The van der Waals surface area contributed by atoms with Gasteiger partial charge in [0.15, 0.2) is 0 Å². The maximum atomic E-state index is 12.9. The van der Waals surface area contributed by atoms with Crippen molar-refractivity contribution >= 4 is 34.8 Å². The number of carbonyl (C=O) groups excluding carboxylic acids is 2. The zero-order chi connectivity index (χ0) is 20.8. The van der Waals surface area contributed by atoms with Crippen LogP contribution in [-0.2, 0) is 4.79 Å². The van der Waals surface area contributed by atoms with E-state index >= 15 is 0 Å². The Morgan fingerprint density at radius 3 is 2.45 bits per heavy atom. The molecule has 0 aromatic heterocycles. The summed E-state index contributed by atoms with van der Waals surface area (Å²) in [6.07, 6.45) is -0.171. The van der Waals surface area contributed by atoms with E-state index in [9.17, 15) is 9.59 Å². The van der Waals surface area contributed by atoms with Crippen LogP contribution in [0.1, 0.15) is 16.8 Å². The molecule has 0 unspecified atom stereocenters. The fraction of sp³-hybridized carbons (Fsp3) is 0.286. The first-order chi connectivity index (χ1) is 14.0. The normalized spacial score (nSPS) is 13.6. The predicted molar refractivity (Wildman–Crippen MR) is 111 cm³/mol. The number of halogens is 1. The van der Waals surface area contributed by atoms with Gasteiger partial charge in [-0.05, 0) is 42.5 Å². The van der Waals surface area contributed by atoms with Crippen molar-refractivity contribution in [3.8, 4) is 11.8 Å². The van der Waals surface area contributed by atoms with E-state index < -0.39 is 0 Å². The van der Waals surface area contributed by atoms with Crippen LogP contribution in [0.3, 0.4) is 0 Å². The predicted octanol–water partition coefficient (Wildman–Crippen LogP) is 3.16. The van der Waals surface area contributed by atoms with Crippen LogP contribution < -0.4 is 15.0 Å². The molecular formula is C21H21ClN4O3. The minimum atomic E-state index is -0.330. The Morgan fingerprint density at radius 2 is 1.83 bits per heavy atom. The number of amides is 2. The van der Waals surface area contributed by atoms with Gasteiger partial charge in [-0.25, -0.2) is 0 Å². The number of nitriles is 1. The van der Waals surface area contributed by atoms with Crippen molar-refractivity contribution in [1.29, 1.82) is 5.26 Å². The van der Waals surface area contributed by atoms with Crippen LogP contribution in [0.4, 0.5) is 11.4 Å². The first kappa shape index (κ1) is 20.5. The van der Waals surface area contributed by atoms with E-state index in [0.29, 0.717) is 48.2 Å².